The molecule has 1 atom stereocenters. The number of hydrogen-bond acceptors (Lipinski definition) is 4. The van der Waals surface area contributed by atoms with Crippen LogP contribution in [0.1, 0.15) is 12.1 Å². The van der Waals surface area contributed by atoms with Crippen molar-refractivity contribution >= 4 is 23.3 Å². The summed E-state index contributed by atoms with van der Waals surface area (Å²) in [5.74, 6) is 0. The highest BCUT2D eigenvalue weighted by Crippen LogP contribution is 2.22. The molecule has 2 heterocycles. The van der Waals surface area contributed by atoms with E-state index >= 15 is 0 Å². The molecule has 1 saturated heterocycles. The van der Waals surface area contributed by atoms with Crippen LogP contribution in [0, 0.1) is 0 Å². The van der Waals surface area contributed by atoms with Gasteiger partial charge < -0.3 is 15.1 Å². The van der Waals surface area contributed by atoms with Gasteiger partial charge >= 0.3 is 6.03 Å². The average Bonchev–Trinajstić information content (AvgIpc) is 3.05. The summed E-state index contributed by atoms with van der Waals surface area (Å²) in [6.07, 6.45) is 5.84. The summed E-state index contributed by atoms with van der Waals surface area (Å²) < 4.78 is 0. The molecule has 7 heteroatoms. The number of anilines is 1. The van der Waals surface area contributed by atoms with Crippen LogP contribution >= 0.6 is 11.6 Å². The molecule has 2 aromatic rings. The standard InChI is InChI=1S/C17H20ClN5O/c1-22(11-15-10-19-7-8-20-15)17(24)21-14-6-9-23(12-14)16-4-2-13(18)3-5-16/h2-5,7-8,10,14H,6,9,11-12H2,1H3,(H,21,24)/t14-/m0/s1. The lowest BCUT2D eigenvalue weighted by Gasteiger charge is -2.22. The van der Waals surface area contributed by atoms with Crippen LogP contribution in [-0.2, 0) is 6.54 Å². The van der Waals surface area contributed by atoms with Crippen molar-refractivity contribution in [1.82, 2.24) is 20.2 Å². The second-order valence-corrected chi connectivity index (χ2v) is 6.35. The second-order valence-electron chi connectivity index (χ2n) is 5.91. The monoisotopic (exact) mass is 345 g/mol. The van der Waals surface area contributed by atoms with Crippen molar-refractivity contribution in [1.29, 1.82) is 0 Å². The van der Waals surface area contributed by atoms with Crippen LogP contribution in [0.3, 0.4) is 0 Å². The van der Waals surface area contributed by atoms with Crippen molar-refractivity contribution in [3.63, 3.8) is 0 Å². The van der Waals surface area contributed by atoms with Gasteiger partial charge in [-0.05, 0) is 30.7 Å². The first kappa shape index (κ1) is 16.5. The van der Waals surface area contributed by atoms with Gasteiger partial charge in [-0.15, -0.1) is 0 Å². The zero-order valence-electron chi connectivity index (χ0n) is 13.5. The fourth-order valence-corrected chi connectivity index (χ4v) is 2.90. The summed E-state index contributed by atoms with van der Waals surface area (Å²) in [6.45, 7) is 2.15. The van der Waals surface area contributed by atoms with Gasteiger partial charge in [0.1, 0.15) is 0 Å². The Morgan fingerprint density at radius 1 is 1.38 bits per heavy atom. The van der Waals surface area contributed by atoms with Gasteiger partial charge in [-0.1, -0.05) is 11.6 Å². The van der Waals surface area contributed by atoms with Gasteiger partial charge in [0.05, 0.1) is 18.4 Å². The molecule has 2 amide bonds. The minimum absolute atomic E-state index is 0.0939. The first-order chi connectivity index (χ1) is 11.6. The summed E-state index contributed by atoms with van der Waals surface area (Å²) in [5.41, 5.74) is 1.90. The summed E-state index contributed by atoms with van der Waals surface area (Å²) in [4.78, 5) is 24.4. The van der Waals surface area contributed by atoms with Crippen molar-refractivity contribution < 1.29 is 4.79 Å². The molecule has 0 radical (unpaired) electrons. The normalized spacial score (nSPS) is 16.9. The van der Waals surface area contributed by atoms with E-state index in [2.05, 4.69) is 20.2 Å². The minimum Gasteiger partial charge on any atom is -0.369 e. The summed E-state index contributed by atoms with van der Waals surface area (Å²) in [5, 5.41) is 3.81. The van der Waals surface area contributed by atoms with Gasteiger partial charge in [-0.25, -0.2) is 4.79 Å². The molecule has 0 spiro atoms. The van der Waals surface area contributed by atoms with Crippen LogP contribution in [0.25, 0.3) is 0 Å². The molecule has 1 aromatic carbocycles. The number of amides is 2. The summed E-state index contributed by atoms with van der Waals surface area (Å²) in [6, 6.07) is 7.83. The number of carbonyl (C=O) groups is 1. The first-order valence-corrected chi connectivity index (χ1v) is 8.26. The Kier molecular flexibility index (Phi) is 5.15. The molecule has 0 saturated carbocycles. The van der Waals surface area contributed by atoms with E-state index in [-0.39, 0.29) is 12.1 Å². The maximum Gasteiger partial charge on any atom is 0.317 e. The van der Waals surface area contributed by atoms with Gasteiger partial charge in [0.25, 0.3) is 0 Å². The SMILES string of the molecule is CN(Cc1cnccn1)C(=O)N[C@H]1CCN(c2ccc(Cl)cc2)C1. The summed E-state index contributed by atoms with van der Waals surface area (Å²) >= 11 is 5.93. The predicted molar refractivity (Wildman–Crippen MR) is 94.1 cm³/mol. The van der Waals surface area contributed by atoms with Crippen molar-refractivity contribution in [2.45, 2.75) is 19.0 Å². The third kappa shape index (κ3) is 4.14. The van der Waals surface area contributed by atoms with Crippen LogP contribution in [0.15, 0.2) is 42.9 Å². The van der Waals surface area contributed by atoms with Crippen LogP contribution in [0.2, 0.25) is 5.02 Å². The average molecular weight is 346 g/mol. The van der Waals surface area contributed by atoms with E-state index in [1.165, 1.54) is 0 Å². The van der Waals surface area contributed by atoms with Crippen molar-refractivity contribution in [3.8, 4) is 0 Å². The second kappa shape index (κ2) is 7.49. The molecule has 1 N–H and O–H groups in total. The lowest BCUT2D eigenvalue weighted by atomic mass is 10.2. The smallest absolute Gasteiger partial charge is 0.317 e. The van der Waals surface area contributed by atoms with E-state index < -0.39 is 0 Å². The molecule has 1 aliphatic heterocycles. The zero-order chi connectivity index (χ0) is 16.9. The van der Waals surface area contributed by atoms with Crippen molar-refractivity contribution in [3.05, 3.63) is 53.6 Å². The third-order valence-electron chi connectivity index (χ3n) is 4.07. The highest BCUT2D eigenvalue weighted by Gasteiger charge is 2.25. The summed E-state index contributed by atoms with van der Waals surface area (Å²) in [7, 11) is 1.76. The first-order valence-electron chi connectivity index (χ1n) is 7.89. The Hall–Kier alpha value is -2.34. The Labute approximate surface area is 146 Å². The minimum atomic E-state index is -0.0939. The van der Waals surface area contributed by atoms with Crippen molar-refractivity contribution in [2.24, 2.45) is 0 Å². The molecular weight excluding hydrogens is 326 g/mol. The molecule has 6 nitrogen and oxygen atoms in total. The molecule has 3 rings (SSSR count). The number of rotatable bonds is 4. The Bertz CT molecular complexity index is 679. The number of urea groups is 1. The van der Waals surface area contributed by atoms with E-state index in [1.54, 1.807) is 30.5 Å². The van der Waals surface area contributed by atoms with E-state index in [1.807, 2.05) is 24.3 Å². The lowest BCUT2D eigenvalue weighted by Crippen LogP contribution is -2.44. The van der Waals surface area contributed by atoms with Crippen LogP contribution in [0.4, 0.5) is 10.5 Å². The Morgan fingerprint density at radius 2 is 2.17 bits per heavy atom. The fraction of sp³-hybridized carbons (Fsp3) is 0.353. The maximum atomic E-state index is 12.3. The fourth-order valence-electron chi connectivity index (χ4n) is 2.78. The molecule has 126 valence electrons. The van der Waals surface area contributed by atoms with Gasteiger partial charge in [0, 0.05) is 49.3 Å². The van der Waals surface area contributed by atoms with E-state index in [0.29, 0.717) is 6.54 Å². The number of nitrogens with zero attached hydrogens (tertiary/aromatic N) is 4. The molecule has 0 unspecified atom stereocenters. The van der Waals surface area contributed by atoms with E-state index in [4.69, 9.17) is 11.6 Å². The molecular formula is C17H20ClN5O. The maximum absolute atomic E-state index is 12.3. The number of benzene rings is 1. The van der Waals surface area contributed by atoms with Crippen LogP contribution in [-0.4, -0.2) is 47.1 Å². The number of halogens is 1. The molecule has 1 fully saturated rings. The quantitative estimate of drug-likeness (QED) is 0.925. The molecule has 24 heavy (non-hydrogen) atoms. The molecule has 1 aliphatic rings. The van der Waals surface area contributed by atoms with Crippen molar-refractivity contribution in [2.75, 3.05) is 25.0 Å². The van der Waals surface area contributed by atoms with E-state index in [9.17, 15) is 4.79 Å². The van der Waals surface area contributed by atoms with Gasteiger partial charge in [0.2, 0.25) is 0 Å². The highest BCUT2D eigenvalue weighted by atomic mass is 35.5. The molecule has 0 bridgehead atoms. The van der Waals surface area contributed by atoms with Gasteiger partial charge in [-0.2, -0.15) is 0 Å². The Morgan fingerprint density at radius 3 is 2.88 bits per heavy atom. The number of nitrogens with one attached hydrogen (secondary N) is 1. The topological polar surface area (TPSA) is 61.4 Å². The molecule has 1 aromatic heterocycles. The number of hydrogen-bond donors (Lipinski definition) is 1. The van der Waals surface area contributed by atoms with Crippen LogP contribution < -0.4 is 10.2 Å². The van der Waals surface area contributed by atoms with Gasteiger partial charge in [0.15, 0.2) is 0 Å². The molecule has 0 aliphatic carbocycles. The number of aromatic nitrogens is 2. The Balaban J connectivity index is 1.51. The van der Waals surface area contributed by atoms with Crippen LogP contribution in [0.5, 0.6) is 0 Å². The zero-order valence-corrected chi connectivity index (χ0v) is 14.3. The third-order valence-corrected chi connectivity index (χ3v) is 4.32. The lowest BCUT2D eigenvalue weighted by molar-refractivity contribution is 0.203. The largest absolute Gasteiger partial charge is 0.369 e. The van der Waals surface area contributed by atoms with Gasteiger partial charge in [-0.3, -0.25) is 9.97 Å². The van der Waals surface area contributed by atoms with E-state index in [0.717, 1.165) is 35.9 Å². The predicted octanol–water partition coefficient (Wildman–Crippen LogP) is 2.55. The highest BCUT2D eigenvalue weighted by molar-refractivity contribution is 6.30. The number of carbonyl (C=O) groups excluding carboxylic acids is 1.